The van der Waals surface area contributed by atoms with Gasteiger partial charge in [-0.2, -0.15) is 0 Å². The molecule has 0 radical (unpaired) electrons. The van der Waals surface area contributed by atoms with Crippen LogP contribution in [0.1, 0.15) is 5.69 Å². The molecule has 0 fully saturated rings. The number of carboxylic acids is 1. The molecule has 0 spiro atoms. The molecule has 1 heterocycles. The van der Waals surface area contributed by atoms with Crippen molar-refractivity contribution in [3.8, 4) is 0 Å². The van der Waals surface area contributed by atoms with Crippen molar-refractivity contribution in [2.24, 2.45) is 5.73 Å². The van der Waals surface area contributed by atoms with E-state index in [2.05, 4.69) is 4.98 Å². The number of carboxylic acid groups (broad SMARTS) is 1. The maximum Gasteiger partial charge on any atom is 0.320 e. The average molecular weight is 244 g/mol. The third-order valence-corrected chi connectivity index (χ3v) is 2.41. The van der Waals surface area contributed by atoms with Gasteiger partial charge in [0, 0.05) is 32.4 Å². The zero-order chi connectivity index (χ0) is 12.3. The Morgan fingerprint density at radius 3 is 2.81 bits per heavy atom. The summed E-state index contributed by atoms with van der Waals surface area (Å²) in [6, 6.07) is 0.800. The van der Waals surface area contributed by atoms with E-state index >= 15 is 0 Å². The maximum absolute atomic E-state index is 10.6. The zero-order valence-electron chi connectivity index (χ0n) is 9.14. The maximum atomic E-state index is 10.6. The first-order chi connectivity index (χ1) is 7.41. The number of nitrogens with two attached hydrogens (primary N) is 1. The predicted octanol–water partition coefficient (Wildman–Crippen LogP) is 0.755. The summed E-state index contributed by atoms with van der Waals surface area (Å²) >= 11 is 5.94. The largest absolute Gasteiger partial charge is 0.480 e. The predicted molar refractivity (Wildman–Crippen MR) is 62.9 cm³/mol. The van der Waals surface area contributed by atoms with Crippen LogP contribution in [0.15, 0.2) is 12.3 Å². The highest BCUT2D eigenvalue weighted by Crippen LogP contribution is 2.23. The van der Waals surface area contributed by atoms with Gasteiger partial charge in [-0.3, -0.25) is 9.78 Å². The first-order valence-electron chi connectivity index (χ1n) is 4.72. The highest BCUT2D eigenvalue weighted by atomic mass is 35.5. The van der Waals surface area contributed by atoms with Crippen LogP contribution in [-0.4, -0.2) is 36.2 Å². The van der Waals surface area contributed by atoms with Gasteiger partial charge in [-0.1, -0.05) is 11.6 Å². The molecular formula is C10H14ClN3O2. The summed E-state index contributed by atoms with van der Waals surface area (Å²) in [5.74, 6) is -1.04. The van der Waals surface area contributed by atoms with Gasteiger partial charge >= 0.3 is 5.97 Å². The fraction of sp³-hybridized carbons (Fsp3) is 0.400. The van der Waals surface area contributed by atoms with Crippen LogP contribution < -0.4 is 10.6 Å². The van der Waals surface area contributed by atoms with Crippen molar-refractivity contribution < 1.29 is 9.90 Å². The Kier molecular flexibility index (Phi) is 4.09. The van der Waals surface area contributed by atoms with E-state index in [0.29, 0.717) is 10.7 Å². The standard InChI is InChI=1S/C10H14ClN3O2/c1-14(2)9-4-6(13-5-7(9)11)3-8(12)10(15)16/h4-5,8H,3,12H2,1-2H3,(H,15,16). The van der Waals surface area contributed by atoms with Crippen molar-refractivity contribution in [3.05, 3.63) is 23.0 Å². The van der Waals surface area contributed by atoms with Crippen LogP contribution in [0.25, 0.3) is 0 Å². The van der Waals surface area contributed by atoms with Gasteiger partial charge in [0.05, 0.1) is 10.7 Å². The monoisotopic (exact) mass is 243 g/mol. The van der Waals surface area contributed by atoms with Crippen LogP contribution in [-0.2, 0) is 11.2 Å². The number of halogens is 1. The molecule has 0 aliphatic rings. The van der Waals surface area contributed by atoms with Crippen LogP contribution in [0, 0.1) is 0 Å². The van der Waals surface area contributed by atoms with Gasteiger partial charge in [0.25, 0.3) is 0 Å². The third-order valence-electron chi connectivity index (χ3n) is 2.12. The lowest BCUT2D eigenvalue weighted by Gasteiger charge is -2.15. The number of pyridine rings is 1. The second kappa shape index (κ2) is 5.14. The van der Waals surface area contributed by atoms with Gasteiger partial charge in [-0.05, 0) is 6.07 Å². The van der Waals surface area contributed by atoms with Gasteiger partial charge in [0.1, 0.15) is 6.04 Å². The van der Waals surface area contributed by atoms with Crippen molar-refractivity contribution in [1.82, 2.24) is 4.98 Å². The Morgan fingerprint density at radius 2 is 2.31 bits per heavy atom. The summed E-state index contributed by atoms with van der Waals surface area (Å²) in [6.07, 6.45) is 1.69. The van der Waals surface area contributed by atoms with E-state index in [0.717, 1.165) is 5.69 Å². The molecule has 1 atom stereocenters. The molecular weight excluding hydrogens is 230 g/mol. The molecule has 1 rings (SSSR count). The van der Waals surface area contributed by atoms with E-state index in [4.69, 9.17) is 22.4 Å². The number of anilines is 1. The Bertz CT molecular complexity index is 396. The lowest BCUT2D eigenvalue weighted by atomic mass is 10.1. The van der Waals surface area contributed by atoms with Gasteiger partial charge in [-0.15, -0.1) is 0 Å². The fourth-order valence-electron chi connectivity index (χ4n) is 1.24. The van der Waals surface area contributed by atoms with Crippen molar-refractivity contribution in [2.75, 3.05) is 19.0 Å². The van der Waals surface area contributed by atoms with Crippen LogP contribution in [0.5, 0.6) is 0 Å². The van der Waals surface area contributed by atoms with E-state index in [1.54, 1.807) is 6.07 Å². The lowest BCUT2D eigenvalue weighted by molar-refractivity contribution is -0.138. The summed E-state index contributed by atoms with van der Waals surface area (Å²) in [6.45, 7) is 0. The number of aliphatic carboxylic acids is 1. The number of rotatable bonds is 4. The Hall–Kier alpha value is -1.33. The molecule has 16 heavy (non-hydrogen) atoms. The minimum absolute atomic E-state index is 0.188. The first-order valence-corrected chi connectivity index (χ1v) is 5.09. The van der Waals surface area contributed by atoms with Crippen molar-refractivity contribution in [2.45, 2.75) is 12.5 Å². The van der Waals surface area contributed by atoms with Crippen LogP contribution in [0.4, 0.5) is 5.69 Å². The molecule has 0 saturated carbocycles. The molecule has 6 heteroatoms. The quantitative estimate of drug-likeness (QED) is 0.816. The normalized spacial score (nSPS) is 12.2. The molecule has 1 aromatic rings. The summed E-state index contributed by atoms with van der Waals surface area (Å²) in [7, 11) is 3.70. The molecule has 0 amide bonds. The molecule has 0 aliphatic heterocycles. The molecule has 1 aromatic heterocycles. The highest BCUT2D eigenvalue weighted by Gasteiger charge is 2.14. The second-order valence-corrected chi connectivity index (χ2v) is 4.08. The van der Waals surface area contributed by atoms with E-state index in [-0.39, 0.29) is 6.42 Å². The fourth-order valence-corrected chi connectivity index (χ4v) is 1.51. The third kappa shape index (κ3) is 3.08. The Morgan fingerprint density at radius 1 is 1.69 bits per heavy atom. The molecule has 1 unspecified atom stereocenters. The second-order valence-electron chi connectivity index (χ2n) is 3.67. The topological polar surface area (TPSA) is 79.5 Å². The number of carbonyl (C=O) groups is 1. The van der Waals surface area contributed by atoms with E-state index in [1.165, 1.54) is 6.20 Å². The molecule has 0 saturated heterocycles. The number of hydrogen-bond donors (Lipinski definition) is 2. The summed E-state index contributed by atoms with van der Waals surface area (Å²) in [5.41, 5.74) is 6.84. The highest BCUT2D eigenvalue weighted by molar-refractivity contribution is 6.33. The van der Waals surface area contributed by atoms with Crippen molar-refractivity contribution in [1.29, 1.82) is 0 Å². The minimum Gasteiger partial charge on any atom is -0.480 e. The summed E-state index contributed by atoms with van der Waals surface area (Å²) < 4.78 is 0. The van der Waals surface area contributed by atoms with Gasteiger partial charge < -0.3 is 15.7 Å². The van der Waals surface area contributed by atoms with Crippen molar-refractivity contribution >= 4 is 23.3 Å². The summed E-state index contributed by atoms with van der Waals surface area (Å²) in [5, 5.41) is 9.21. The molecule has 88 valence electrons. The first kappa shape index (κ1) is 12.7. The average Bonchev–Trinajstić information content (AvgIpc) is 2.20. The van der Waals surface area contributed by atoms with Crippen molar-refractivity contribution in [3.63, 3.8) is 0 Å². The molecule has 0 aromatic carbocycles. The lowest BCUT2D eigenvalue weighted by Crippen LogP contribution is -2.32. The van der Waals surface area contributed by atoms with Crippen LogP contribution >= 0.6 is 11.6 Å². The number of hydrogen-bond acceptors (Lipinski definition) is 4. The molecule has 0 bridgehead atoms. The van der Waals surface area contributed by atoms with Crippen LogP contribution in [0.3, 0.4) is 0 Å². The number of aromatic nitrogens is 1. The summed E-state index contributed by atoms with van der Waals surface area (Å²) in [4.78, 5) is 16.5. The zero-order valence-corrected chi connectivity index (χ0v) is 9.90. The van der Waals surface area contributed by atoms with Crippen LogP contribution in [0.2, 0.25) is 5.02 Å². The Balaban J connectivity index is 2.91. The minimum atomic E-state index is -1.04. The van der Waals surface area contributed by atoms with E-state index in [9.17, 15) is 4.79 Å². The van der Waals surface area contributed by atoms with E-state index < -0.39 is 12.0 Å². The Labute approximate surface area is 98.8 Å². The number of nitrogens with zero attached hydrogens (tertiary/aromatic N) is 2. The molecule has 3 N–H and O–H groups in total. The van der Waals surface area contributed by atoms with E-state index in [1.807, 2.05) is 19.0 Å². The smallest absolute Gasteiger partial charge is 0.320 e. The molecule has 5 nitrogen and oxygen atoms in total. The van der Waals surface area contributed by atoms with Gasteiger partial charge in [0.2, 0.25) is 0 Å². The van der Waals surface area contributed by atoms with Gasteiger partial charge in [-0.25, -0.2) is 0 Å². The molecule has 0 aliphatic carbocycles. The van der Waals surface area contributed by atoms with Gasteiger partial charge in [0.15, 0.2) is 0 Å². The SMILES string of the molecule is CN(C)c1cc(CC(N)C(=O)O)ncc1Cl.